The number of allylic oxidation sites excluding steroid dienone is 2. The summed E-state index contributed by atoms with van der Waals surface area (Å²) in [5.74, 6) is -1.13. The Labute approximate surface area is 129 Å². The number of alkyl halides is 3. The highest BCUT2D eigenvalue weighted by atomic mass is 19.4. The second-order valence-electron chi connectivity index (χ2n) is 4.48. The molecule has 1 aromatic heterocycles. The van der Waals surface area contributed by atoms with E-state index < -0.39 is 17.7 Å². The van der Waals surface area contributed by atoms with E-state index in [9.17, 15) is 18.0 Å². The predicted octanol–water partition coefficient (Wildman–Crippen LogP) is 3.57. The summed E-state index contributed by atoms with van der Waals surface area (Å²) in [5, 5.41) is 8.63. The fraction of sp³-hybridized carbons (Fsp3) is 0.0625. The molecule has 118 valence electrons. The molecule has 2 rings (SSSR count). The van der Waals surface area contributed by atoms with Gasteiger partial charge in [0.1, 0.15) is 6.33 Å². The summed E-state index contributed by atoms with van der Waals surface area (Å²) in [7, 11) is 0. The molecule has 4 nitrogen and oxygen atoms in total. The fourth-order valence-corrected chi connectivity index (χ4v) is 1.86. The lowest BCUT2D eigenvalue weighted by molar-refractivity contribution is -0.137. The minimum absolute atomic E-state index is 0.489. The molecule has 0 spiro atoms. The Morgan fingerprint density at radius 2 is 1.65 bits per heavy atom. The molecule has 0 fully saturated rings. The number of benzene rings is 1. The summed E-state index contributed by atoms with van der Waals surface area (Å²) >= 11 is 0. The summed E-state index contributed by atoms with van der Waals surface area (Å²) in [6, 6.07) is 4.56. The van der Waals surface area contributed by atoms with Crippen LogP contribution in [0.4, 0.5) is 13.2 Å². The Hall–Kier alpha value is -2.96. The van der Waals surface area contributed by atoms with E-state index in [4.69, 9.17) is 5.11 Å². The third kappa shape index (κ3) is 4.50. The summed E-state index contributed by atoms with van der Waals surface area (Å²) in [4.78, 5) is 18.3. The van der Waals surface area contributed by atoms with Crippen LogP contribution in [0.1, 0.15) is 16.7 Å². The molecule has 23 heavy (non-hydrogen) atoms. The Balaban J connectivity index is 2.44. The first kappa shape index (κ1) is 16.4. The number of carboxylic acid groups (broad SMARTS) is 1. The van der Waals surface area contributed by atoms with Crippen molar-refractivity contribution in [1.82, 2.24) is 9.97 Å². The van der Waals surface area contributed by atoms with E-state index in [1.165, 1.54) is 43.0 Å². The van der Waals surface area contributed by atoms with Crippen molar-refractivity contribution < 1.29 is 23.1 Å². The predicted molar refractivity (Wildman–Crippen MR) is 77.3 cm³/mol. The maximum absolute atomic E-state index is 12.6. The highest BCUT2D eigenvalue weighted by Crippen LogP contribution is 2.31. The monoisotopic (exact) mass is 320 g/mol. The van der Waals surface area contributed by atoms with Crippen LogP contribution in [0.15, 0.2) is 61.2 Å². The van der Waals surface area contributed by atoms with Crippen molar-refractivity contribution in [2.75, 3.05) is 0 Å². The standard InChI is InChI=1S/C16H11F3N2O2/c17-16(18,19)13-6-4-11(5-7-13)14(2-1-3-15(22)23)12-8-20-10-21-9-12/h1-10H,(H,22,23)/b3-1+,14-2-. The number of carbonyl (C=O) groups is 1. The quantitative estimate of drug-likeness (QED) is 0.691. The van der Waals surface area contributed by atoms with Crippen LogP contribution in [0.2, 0.25) is 0 Å². The summed E-state index contributed by atoms with van der Waals surface area (Å²) in [6.07, 6.45) is 3.59. The molecular weight excluding hydrogens is 309 g/mol. The Morgan fingerprint density at radius 3 is 2.17 bits per heavy atom. The lowest BCUT2D eigenvalue weighted by Crippen LogP contribution is -2.04. The first-order valence-electron chi connectivity index (χ1n) is 6.42. The zero-order valence-corrected chi connectivity index (χ0v) is 11.7. The van der Waals surface area contributed by atoms with E-state index in [0.29, 0.717) is 16.7 Å². The highest BCUT2D eigenvalue weighted by molar-refractivity contribution is 5.83. The second-order valence-corrected chi connectivity index (χ2v) is 4.48. The number of nitrogens with zero attached hydrogens (tertiary/aromatic N) is 2. The van der Waals surface area contributed by atoms with Crippen LogP contribution in [0.5, 0.6) is 0 Å². The molecule has 7 heteroatoms. The van der Waals surface area contributed by atoms with Gasteiger partial charge in [-0.05, 0) is 23.3 Å². The third-order valence-electron chi connectivity index (χ3n) is 2.90. The Kier molecular flexibility index (Phi) is 4.90. The van der Waals surface area contributed by atoms with Crippen LogP contribution < -0.4 is 0 Å². The fourth-order valence-electron chi connectivity index (χ4n) is 1.86. The van der Waals surface area contributed by atoms with Gasteiger partial charge in [0.25, 0.3) is 0 Å². The zero-order chi connectivity index (χ0) is 16.9. The number of rotatable bonds is 4. The van der Waals surface area contributed by atoms with Crippen molar-refractivity contribution in [3.63, 3.8) is 0 Å². The van der Waals surface area contributed by atoms with E-state index in [0.717, 1.165) is 18.2 Å². The number of carboxylic acids is 1. The Bertz CT molecular complexity index is 736. The Morgan fingerprint density at radius 1 is 1.04 bits per heavy atom. The van der Waals surface area contributed by atoms with Crippen molar-refractivity contribution in [3.05, 3.63) is 77.9 Å². The van der Waals surface area contributed by atoms with E-state index in [1.807, 2.05) is 0 Å². The maximum Gasteiger partial charge on any atom is 0.416 e. The molecule has 0 saturated heterocycles. The van der Waals surface area contributed by atoms with Crippen LogP contribution in [-0.4, -0.2) is 21.0 Å². The molecule has 0 aliphatic heterocycles. The molecule has 0 amide bonds. The normalized spacial score (nSPS) is 12.6. The van der Waals surface area contributed by atoms with Gasteiger partial charge in [-0.15, -0.1) is 0 Å². The third-order valence-corrected chi connectivity index (χ3v) is 2.90. The number of hydrogen-bond acceptors (Lipinski definition) is 3. The molecule has 0 atom stereocenters. The van der Waals surface area contributed by atoms with E-state index in [-0.39, 0.29) is 0 Å². The number of hydrogen-bond donors (Lipinski definition) is 1. The van der Waals surface area contributed by atoms with Crippen LogP contribution in [0.25, 0.3) is 5.57 Å². The lowest BCUT2D eigenvalue weighted by atomic mass is 9.98. The molecule has 0 aliphatic rings. The van der Waals surface area contributed by atoms with Crippen LogP contribution >= 0.6 is 0 Å². The molecule has 1 heterocycles. The van der Waals surface area contributed by atoms with Crippen molar-refractivity contribution in [3.8, 4) is 0 Å². The van der Waals surface area contributed by atoms with Gasteiger partial charge in [-0.25, -0.2) is 14.8 Å². The van der Waals surface area contributed by atoms with Gasteiger partial charge < -0.3 is 5.11 Å². The molecule has 0 aliphatic carbocycles. The van der Waals surface area contributed by atoms with Gasteiger partial charge >= 0.3 is 12.1 Å². The lowest BCUT2D eigenvalue weighted by Gasteiger charge is -2.10. The molecule has 1 N–H and O–H groups in total. The molecule has 0 unspecified atom stereocenters. The molecule has 0 saturated carbocycles. The second kappa shape index (κ2) is 6.87. The molecule has 1 aromatic carbocycles. The van der Waals surface area contributed by atoms with Crippen LogP contribution in [-0.2, 0) is 11.0 Å². The number of aliphatic carboxylic acids is 1. The van der Waals surface area contributed by atoms with Crippen molar-refractivity contribution in [1.29, 1.82) is 0 Å². The first-order chi connectivity index (χ1) is 10.9. The average molecular weight is 320 g/mol. The zero-order valence-electron chi connectivity index (χ0n) is 11.7. The van der Waals surface area contributed by atoms with Gasteiger partial charge in [0.2, 0.25) is 0 Å². The summed E-state index contributed by atoms with van der Waals surface area (Å²) < 4.78 is 37.9. The summed E-state index contributed by atoms with van der Waals surface area (Å²) in [6.45, 7) is 0. The molecule has 0 radical (unpaired) electrons. The van der Waals surface area contributed by atoms with Crippen LogP contribution in [0, 0.1) is 0 Å². The number of aromatic nitrogens is 2. The molecule has 2 aromatic rings. The van der Waals surface area contributed by atoms with E-state index in [2.05, 4.69) is 9.97 Å². The highest BCUT2D eigenvalue weighted by Gasteiger charge is 2.30. The number of halogens is 3. The van der Waals surface area contributed by atoms with E-state index >= 15 is 0 Å². The summed E-state index contributed by atoms with van der Waals surface area (Å²) in [5.41, 5.74) is 0.799. The smallest absolute Gasteiger partial charge is 0.416 e. The van der Waals surface area contributed by atoms with Crippen molar-refractivity contribution in [2.45, 2.75) is 6.18 Å². The minimum atomic E-state index is -4.42. The SMILES string of the molecule is O=C(O)/C=C/C=C(/c1ccc(C(F)(F)F)cc1)c1cncnc1. The van der Waals surface area contributed by atoms with E-state index in [1.54, 1.807) is 0 Å². The van der Waals surface area contributed by atoms with Gasteiger partial charge in [0, 0.05) is 24.0 Å². The van der Waals surface area contributed by atoms with Gasteiger partial charge in [0.05, 0.1) is 5.56 Å². The van der Waals surface area contributed by atoms with Gasteiger partial charge in [-0.2, -0.15) is 13.2 Å². The topological polar surface area (TPSA) is 63.1 Å². The molecule has 0 bridgehead atoms. The minimum Gasteiger partial charge on any atom is -0.478 e. The largest absolute Gasteiger partial charge is 0.478 e. The molecular formula is C16H11F3N2O2. The average Bonchev–Trinajstić information content (AvgIpc) is 2.51. The van der Waals surface area contributed by atoms with Gasteiger partial charge in [-0.1, -0.05) is 24.3 Å². The first-order valence-corrected chi connectivity index (χ1v) is 6.42. The maximum atomic E-state index is 12.6. The van der Waals surface area contributed by atoms with Crippen molar-refractivity contribution >= 4 is 11.5 Å². The van der Waals surface area contributed by atoms with Crippen molar-refractivity contribution in [2.24, 2.45) is 0 Å². The van der Waals surface area contributed by atoms with Crippen LogP contribution in [0.3, 0.4) is 0 Å². The van der Waals surface area contributed by atoms with Gasteiger partial charge in [0.15, 0.2) is 0 Å². The van der Waals surface area contributed by atoms with Gasteiger partial charge in [-0.3, -0.25) is 0 Å².